The highest BCUT2D eigenvalue weighted by Crippen LogP contribution is 2.37. The van der Waals surface area contributed by atoms with E-state index in [2.05, 4.69) is 22.4 Å². The van der Waals surface area contributed by atoms with Crippen LogP contribution in [0.2, 0.25) is 0 Å². The lowest BCUT2D eigenvalue weighted by atomic mass is 9.86. The van der Waals surface area contributed by atoms with Gasteiger partial charge in [0.25, 0.3) is 0 Å². The fourth-order valence-corrected chi connectivity index (χ4v) is 4.74. The summed E-state index contributed by atoms with van der Waals surface area (Å²) < 4.78 is 15.3. The zero-order valence-electron chi connectivity index (χ0n) is 16.2. The lowest BCUT2D eigenvalue weighted by molar-refractivity contribution is 0.154. The van der Waals surface area contributed by atoms with Crippen LogP contribution in [0.4, 0.5) is 0 Å². The zero-order chi connectivity index (χ0) is 19.8. The van der Waals surface area contributed by atoms with Crippen LogP contribution >= 0.6 is 19.2 Å². The van der Waals surface area contributed by atoms with Crippen LogP contribution in [0.25, 0.3) is 0 Å². The Bertz CT molecular complexity index is 680. The normalized spacial score (nSPS) is 17.9. The predicted molar refractivity (Wildman–Crippen MR) is 111 cm³/mol. The highest BCUT2D eigenvalue weighted by Gasteiger charge is 2.24. The van der Waals surface area contributed by atoms with E-state index in [0.29, 0.717) is 6.42 Å². The van der Waals surface area contributed by atoms with Crippen molar-refractivity contribution in [1.82, 2.24) is 0 Å². The lowest BCUT2D eigenvalue weighted by Gasteiger charge is -2.24. The van der Waals surface area contributed by atoms with Crippen LogP contribution < -0.4 is 5.73 Å². The summed E-state index contributed by atoms with van der Waals surface area (Å²) in [6.45, 7) is 1.57. The molecule has 0 radical (unpaired) electrons. The summed E-state index contributed by atoms with van der Waals surface area (Å²) >= 11 is 1.66. The molecule has 0 spiro atoms. The van der Waals surface area contributed by atoms with E-state index in [4.69, 9.17) is 15.5 Å². The average molecular weight is 414 g/mol. The molecule has 2 rings (SSSR count). The highest BCUT2D eigenvalue weighted by molar-refractivity contribution is 7.46. The zero-order valence-corrected chi connectivity index (χ0v) is 17.9. The second kappa shape index (κ2) is 10.8. The fourth-order valence-electron chi connectivity index (χ4n) is 3.40. The summed E-state index contributed by atoms with van der Waals surface area (Å²) in [5.41, 5.74) is 5.28. The molecule has 1 aromatic rings. The number of nitrogens with two attached hydrogens (primary N) is 1. The molecule has 152 valence electrons. The van der Waals surface area contributed by atoms with Crippen molar-refractivity contribution in [3.63, 3.8) is 0 Å². The first kappa shape index (κ1) is 22.6. The Balaban J connectivity index is 1.69. The van der Waals surface area contributed by atoms with Crippen molar-refractivity contribution >= 4 is 19.2 Å². The third kappa shape index (κ3) is 9.89. The number of unbranched alkanes of at least 4 members (excludes halogenated alkanes) is 1. The van der Waals surface area contributed by atoms with Gasteiger partial charge in [-0.05, 0) is 50.7 Å². The Morgan fingerprint density at radius 3 is 2.78 bits per heavy atom. The molecule has 1 heterocycles. The van der Waals surface area contributed by atoms with Crippen molar-refractivity contribution in [3.05, 3.63) is 21.9 Å². The molecule has 27 heavy (non-hydrogen) atoms. The second-order valence-corrected chi connectivity index (χ2v) is 10.3. The van der Waals surface area contributed by atoms with E-state index >= 15 is 0 Å². The van der Waals surface area contributed by atoms with E-state index in [-0.39, 0.29) is 6.61 Å². The molecule has 0 amide bonds. The predicted octanol–water partition coefficient (Wildman–Crippen LogP) is 4.61. The smallest absolute Gasteiger partial charge is 0.323 e. The standard InChI is InChI=1S/C20H32NO4PS/c1-20(21,16-25-26(22,23)24)15-14-19-13-12-18(27-19)11-7-3-6-10-17-8-4-2-5-9-17/h12-13,17H,2-6,8-10,14-16,21H2,1H3,(H2,22,23,24). The molecule has 1 saturated carbocycles. The van der Waals surface area contributed by atoms with E-state index in [0.717, 1.165) is 23.6 Å². The van der Waals surface area contributed by atoms with Gasteiger partial charge in [-0.15, -0.1) is 11.3 Å². The Kier molecular flexibility index (Phi) is 9.01. The Labute approximate surface area is 166 Å². The van der Waals surface area contributed by atoms with Crippen LogP contribution in [-0.4, -0.2) is 21.9 Å². The third-order valence-corrected chi connectivity index (χ3v) is 6.54. The van der Waals surface area contributed by atoms with Crippen LogP contribution in [0.5, 0.6) is 0 Å². The molecule has 0 saturated heterocycles. The molecule has 1 atom stereocenters. The van der Waals surface area contributed by atoms with E-state index in [9.17, 15) is 4.57 Å². The summed E-state index contributed by atoms with van der Waals surface area (Å²) in [5, 5.41) is 0. The number of aryl methyl sites for hydroxylation is 1. The van der Waals surface area contributed by atoms with Crippen molar-refractivity contribution in [3.8, 4) is 11.8 Å². The van der Waals surface area contributed by atoms with E-state index in [1.807, 2.05) is 6.07 Å². The molecule has 5 nitrogen and oxygen atoms in total. The van der Waals surface area contributed by atoms with Gasteiger partial charge in [0.15, 0.2) is 0 Å². The molecule has 7 heteroatoms. The number of rotatable bonds is 9. The van der Waals surface area contributed by atoms with Gasteiger partial charge < -0.3 is 15.5 Å². The molecule has 1 aliphatic carbocycles. The van der Waals surface area contributed by atoms with Crippen molar-refractivity contribution in [2.75, 3.05) is 6.61 Å². The first-order valence-corrected chi connectivity index (χ1v) is 12.1. The van der Waals surface area contributed by atoms with Crippen LogP contribution in [0.15, 0.2) is 12.1 Å². The molecular weight excluding hydrogens is 381 g/mol. The number of phosphoric acid groups is 1. The molecule has 1 unspecified atom stereocenters. The van der Waals surface area contributed by atoms with E-state index < -0.39 is 13.4 Å². The van der Waals surface area contributed by atoms with Gasteiger partial charge in [-0.3, -0.25) is 4.52 Å². The van der Waals surface area contributed by atoms with Gasteiger partial charge >= 0.3 is 7.82 Å². The summed E-state index contributed by atoms with van der Waals surface area (Å²) in [5.74, 6) is 7.47. The number of thiophene rings is 1. The van der Waals surface area contributed by atoms with Crippen LogP contribution in [0.1, 0.15) is 74.5 Å². The quantitative estimate of drug-likeness (QED) is 0.312. The molecule has 1 fully saturated rings. The minimum absolute atomic E-state index is 0.170. The maximum absolute atomic E-state index is 10.8. The molecule has 1 aliphatic rings. The molecular formula is C20H32NO4PS. The van der Waals surface area contributed by atoms with Crippen LogP contribution in [-0.2, 0) is 15.5 Å². The maximum Gasteiger partial charge on any atom is 0.469 e. The summed E-state index contributed by atoms with van der Waals surface area (Å²) in [6, 6.07) is 4.09. The minimum atomic E-state index is -4.48. The third-order valence-electron chi connectivity index (χ3n) is 5.02. The van der Waals surface area contributed by atoms with Gasteiger partial charge in [0.05, 0.1) is 11.5 Å². The molecule has 0 aromatic carbocycles. The van der Waals surface area contributed by atoms with E-state index in [1.54, 1.807) is 18.3 Å². The van der Waals surface area contributed by atoms with Crippen molar-refractivity contribution < 1.29 is 18.9 Å². The second-order valence-electron chi connectivity index (χ2n) is 7.88. The number of hydrogen-bond donors (Lipinski definition) is 3. The maximum atomic E-state index is 10.8. The topological polar surface area (TPSA) is 92.8 Å². The molecule has 4 N–H and O–H groups in total. The molecule has 0 bridgehead atoms. The largest absolute Gasteiger partial charge is 0.469 e. The summed E-state index contributed by atoms with van der Waals surface area (Å²) in [7, 11) is -4.48. The minimum Gasteiger partial charge on any atom is -0.323 e. The van der Waals surface area contributed by atoms with Crippen molar-refractivity contribution in [2.45, 2.75) is 76.7 Å². The summed E-state index contributed by atoms with van der Waals surface area (Å²) in [4.78, 5) is 19.8. The van der Waals surface area contributed by atoms with Gasteiger partial charge in [-0.2, -0.15) is 0 Å². The van der Waals surface area contributed by atoms with Gasteiger partial charge in [0.2, 0.25) is 0 Å². The summed E-state index contributed by atoms with van der Waals surface area (Å²) in [6.07, 6.45) is 11.8. The number of hydrogen-bond acceptors (Lipinski definition) is 4. The van der Waals surface area contributed by atoms with Gasteiger partial charge in [0.1, 0.15) is 0 Å². The Morgan fingerprint density at radius 1 is 1.33 bits per heavy atom. The number of phosphoric ester groups is 1. The molecule has 1 aromatic heterocycles. The van der Waals surface area contributed by atoms with Crippen molar-refractivity contribution in [2.24, 2.45) is 11.7 Å². The first-order valence-electron chi connectivity index (χ1n) is 9.80. The van der Waals surface area contributed by atoms with Crippen molar-refractivity contribution in [1.29, 1.82) is 0 Å². The van der Waals surface area contributed by atoms with E-state index in [1.165, 1.54) is 49.8 Å². The lowest BCUT2D eigenvalue weighted by Crippen LogP contribution is -2.41. The van der Waals surface area contributed by atoms with Gasteiger partial charge in [0, 0.05) is 16.8 Å². The van der Waals surface area contributed by atoms with Crippen LogP contribution in [0.3, 0.4) is 0 Å². The highest BCUT2D eigenvalue weighted by atomic mass is 32.1. The SMILES string of the molecule is CC(N)(CCc1ccc(C#CCCCC2CCCCC2)s1)COP(=O)(O)O. The Hall–Kier alpha value is -0.670. The Morgan fingerprint density at radius 2 is 2.07 bits per heavy atom. The van der Waals surface area contributed by atoms with Crippen LogP contribution in [0, 0.1) is 17.8 Å². The average Bonchev–Trinajstić information content (AvgIpc) is 3.07. The van der Waals surface area contributed by atoms with Gasteiger partial charge in [-0.1, -0.05) is 43.9 Å². The first-order chi connectivity index (χ1) is 12.7. The van der Waals surface area contributed by atoms with Gasteiger partial charge in [-0.25, -0.2) is 4.57 Å². The molecule has 0 aliphatic heterocycles. The fraction of sp³-hybridized carbons (Fsp3) is 0.700. The monoisotopic (exact) mass is 413 g/mol.